The molecule has 0 aromatic carbocycles. The summed E-state index contributed by atoms with van der Waals surface area (Å²) in [5.41, 5.74) is 6.49. The molecule has 0 radical (unpaired) electrons. The summed E-state index contributed by atoms with van der Waals surface area (Å²) in [6.45, 7) is 0.859. The van der Waals surface area contributed by atoms with Gasteiger partial charge in [-0.3, -0.25) is 0 Å². The third kappa shape index (κ3) is 2.85. The highest BCUT2D eigenvalue weighted by Crippen LogP contribution is 2.33. The molecule has 2 N–H and O–H groups in total. The molecule has 0 aliphatic carbocycles. The molecule has 5 nitrogen and oxygen atoms in total. The number of hydrogen-bond acceptors (Lipinski definition) is 6. The summed E-state index contributed by atoms with van der Waals surface area (Å²) >= 11 is 1.52. The second kappa shape index (κ2) is 5.01. The molecule has 1 aromatic rings. The first-order chi connectivity index (χ1) is 8.05. The number of nitrogens with zero attached hydrogens (tertiary/aromatic N) is 1. The molecule has 1 fully saturated rings. The van der Waals surface area contributed by atoms with E-state index in [2.05, 4.69) is 4.98 Å². The van der Waals surface area contributed by atoms with Crippen LogP contribution in [-0.4, -0.2) is 32.0 Å². The maximum atomic E-state index is 11.4. The topological polar surface area (TPSA) is 82.3 Å². The predicted octanol–water partition coefficient (Wildman–Crippen LogP) is 0.650. The number of hydrogen-bond donors (Lipinski definition) is 1. The van der Waals surface area contributed by atoms with Gasteiger partial charge < -0.3 is 10.5 Å². The van der Waals surface area contributed by atoms with Crippen LogP contribution in [0.15, 0.2) is 0 Å². The van der Waals surface area contributed by atoms with Crippen LogP contribution in [0.25, 0.3) is 0 Å². The van der Waals surface area contributed by atoms with Gasteiger partial charge in [-0.25, -0.2) is 13.4 Å². The number of rotatable bonds is 4. The minimum atomic E-state index is -2.86. The summed E-state index contributed by atoms with van der Waals surface area (Å²) in [5, 5.41) is 0.888. The maximum absolute atomic E-state index is 11.4. The van der Waals surface area contributed by atoms with Gasteiger partial charge in [-0.05, 0) is 6.42 Å². The van der Waals surface area contributed by atoms with Crippen LogP contribution in [0.3, 0.4) is 0 Å². The molecular formula is C10H16N2O3S2. The van der Waals surface area contributed by atoms with Crippen LogP contribution in [0.5, 0.6) is 0 Å². The Labute approximate surface area is 105 Å². The molecule has 1 atom stereocenters. The van der Waals surface area contributed by atoms with Crippen molar-refractivity contribution in [1.82, 2.24) is 4.98 Å². The number of nitrogens with two attached hydrogens (primary N) is 1. The van der Waals surface area contributed by atoms with Crippen LogP contribution in [-0.2, 0) is 27.7 Å². The number of ether oxygens (including phenoxy) is 1. The van der Waals surface area contributed by atoms with Gasteiger partial charge in [-0.2, -0.15) is 0 Å². The molecule has 0 saturated carbocycles. The zero-order chi connectivity index (χ0) is 12.5. The first kappa shape index (κ1) is 12.9. The van der Waals surface area contributed by atoms with Crippen molar-refractivity contribution in [1.29, 1.82) is 0 Å². The first-order valence-electron chi connectivity index (χ1n) is 5.43. The maximum Gasteiger partial charge on any atom is 0.151 e. The van der Waals surface area contributed by atoms with E-state index in [0.717, 1.165) is 15.6 Å². The van der Waals surface area contributed by atoms with Gasteiger partial charge in [0.15, 0.2) is 9.84 Å². The van der Waals surface area contributed by atoms with Crippen LogP contribution in [0.1, 0.15) is 27.9 Å². The van der Waals surface area contributed by atoms with Crippen LogP contribution in [0, 0.1) is 0 Å². The minimum Gasteiger partial charge on any atom is -0.378 e. The number of thiazole rings is 1. The second-order valence-corrected chi connectivity index (χ2v) is 7.50. The summed E-state index contributed by atoms with van der Waals surface area (Å²) in [7, 11) is -1.25. The third-order valence-corrected chi connectivity index (χ3v) is 5.89. The summed E-state index contributed by atoms with van der Waals surface area (Å²) in [5.74, 6) is 0.534. The van der Waals surface area contributed by atoms with Crippen LogP contribution in [0.4, 0.5) is 0 Å². The average molecular weight is 276 g/mol. The zero-order valence-electron chi connectivity index (χ0n) is 9.68. The lowest BCUT2D eigenvalue weighted by Crippen LogP contribution is -2.03. The van der Waals surface area contributed by atoms with E-state index < -0.39 is 9.84 Å². The van der Waals surface area contributed by atoms with Crippen LogP contribution < -0.4 is 5.73 Å². The van der Waals surface area contributed by atoms with Crippen LogP contribution in [0.2, 0.25) is 0 Å². The smallest absolute Gasteiger partial charge is 0.151 e. The van der Waals surface area contributed by atoms with Gasteiger partial charge in [0.25, 0.3) is 0 Å². The van der Waals surface area contributed by atoms with Crippen molar-refractivity contribution in [2.24, 2.45) is 5.73 Å². The van der Waals surface area contributed by atoms with E-state index in [1.807, 2.05) is 0 Å². The molecule has 1 aliphatic heterocycles. The Balaban J connectivity index is 2.22. The fourth-order valence-corrected chi connectivity index (χ4v) is 4.91. The molecule has 1 unspecified atom stereocenters. The number of sulfone groups is 1. The molecule has 1 aromatic heterocycles. The standard InChI is InChI=1S/C10H16N2O3S2/c1-15-5-8-9(4-11)16-10(12-8)7-2-3-17(13,14)6-7/h7H,2-6,11H2,1H3. The van der Waals surface area contributed by atoms with Crippen molar-refractivity contribution in [3.05, 3.63) is 15.6 Å². The molecule has 0 amide bonds. The average Bonchev–Trinajstić information content (AvgIpc) is 2.82. The monoisotopic (exact) mass is 276 g/mol. The van der Waals surface area contributed by atoms with Gasteiger partial charge in [0.05, 0.1) is 28.8 Å². The van der Waals surface area contributed by atoms with E-state index in [4.69, 9.17) is 10.5 Å². The van der Waals surface area contributed by atoms with Gasteiger partial charge in [0, 0.05) is 24.4 Å². The van der Waals surface area contributed by atoms with Crippen molar-refractivity contribution in [3.63, 3.8) is 0 Å². The van der Waals surface area contributed by atoms with E-state index in [-0.39, 0.29) is 17.4 Å². The normalized spacial score (nSPS) is 23.1. The highest BCUT2D eigenvalue weighted by molar-refractivity contribution is 7.91. The van der Waals surface area contributed by atoms with E-state index >= 15 is 0 Å². The van der Waals surface area contributed by atoms with Gasteiger partial charge >= 0.3 is 0 Å². The van der Waals surface area contributed by atoms with Crippen molar-refractivity contribution in [3.8, 4) is 0 Å². The van der Waals surface area contributed by atoms with Crippen molar-refractivity contribution >= 4 is 21.2 Å². The Hall–Kier alpha value is -0.500. The molecule has 7 heteroatoms. The lowest BCUT2D eigenvalue weighted by molar-refractivity contribution is 0.181. The van der Waals surface area contributed by atoms with Gasteiger partial charge in [0.2, 0.25) is 0 Å². The van der Waals surface area contributed by atoms with E-state index in [1.54, 1.807) is 7.11 Å². The lowest BCUT2D eigenvalue weighted by atomic mass is 10.1. The summed E-state index contributed by atoms with van der Waals surface area (Å²) in [6.07, 6.45) is 0.673. The fourth-order valence-electron chi connectivity index (χ4n) is 1.98. The Bertz CT molecular complexity index is 496. The van der Waals surface area contributed by atoms with Gasteiger partial charge in [-0.1, -0.05) is 0 Å². The predicted molar refractivity (Wildman–Crippen MR) is 66.7 cm³/mol. The summed E-state index contributed by atoms with van der Waals surface area (Å²) < 4.78 is 27.9. The van der Waals surface area contributed by atoms with E-state index in [9.17, 15) is 8.42 Å². The Morgan fingerprint density at radius 1 is 1.59 bits per heavy atom. The second-order valence-electron chi connectivity index (χ2n) is 4.16. The van der Waals surface area contributed by atoms with E-state index in [1.165, 1.54) is 11.3 Å². The van der Waals surface area contributed by atoms with E-state index in [0.29, 0.717) is 19.6 Å². The van der Waals surface area contributed by atoms with Crippen molar-refractivity contribution in [2.75, 3.05) is 18.6 Å². The molecular weight excluding hydrogens is 260 g/mol. The molecule has 1 aliphatic rings. The zero-order valence-corrected chi connectivity index (χ0v) is 11.3. The molecule has 0 bridgehead atoms. The Morgan fingerprint density at radius 2 is 2.35 bits per heavy atom. The molecule has 2 rings (SSSR count). The molecule has 2 heterocycles. The highest BCUT2D eigenvalue weighted by Gasteiger charge is 2.31. The molecule has 17 heavy (non-hydrogen) atoms. The summed E-state index contributed by atoms with van der Waals surface area (Å²) in [6, 6.07) is 0. The molecule has 96 valence electrons. The quantitative estimate of drug-likeness (QED) is 0.873. The number of aromatic nitrogens is 1. The SMILES string of the molecule is COCc1nc(C2CCS(=O)(=O)C2)sc1CN. The largest absolute Gasteiger partial charge is 0.378 e. The fraction of sp³-hybridized carbons (Fsp3) is 0.700. The Kier molecular flexibility index (Phi) is 3.82. The van der Waals surface area contributed by atoms with Crippen molar-refractivity contribution < 1.29 is 13.2 Å². The molecule has 1 saturated heterocycles. The molecule has 0 spiro atoms. The third-order valence-electron chi connectivity index (χ3n) is 2.84. The van der Waals surface area contributed by atoms with Gasteiger partial charge in [0.1, 0.15) is 0 Å². The summed E-state index contributed by atoms with van der Waals surface area (Å²) in [4.78, 5) is 5.46. The van der Waals surface area contributed by atoms with Crippen LogP contribution >= 0.6 is 11.3 Å². The first-order valence-corrected chi connectivity index (χ1v) is 8.07. The highest BCUT2D eigenvalue weighted by atomic mass is 32.2. The number of methoxy groups -OCH3 is 1. The van der Waals surface area contributed by atoms with Gasteiger partial charge in [-0.15, -0.1) is 11.3 Å². The Morgan fingerprint density at radius 3 is 2.88 bits per heavy atom. The van der Waals surface area contributed by atoms with Crippen molar-refractivity contribution in [2.45, 2.75) is 25.5 Å². The minimum absolute atomic E-state index is 0.0425. The lowest BCUT2D eigenvalue weighted by Gasteiger charge is -2.01.